The highest BCUT2D eigenvalue weighted by Crippen LogP contribution is 2.23. The van der Waals surface area contributed by atoms with Crippen LogP contribution in [0, 0.1) is 0 Å². The fourth-order valence-electron chi connectivity index (χ4n) is 1.79. The number of nitrogens with zero attached hydrogens (tertiary/aromatic N) is 1. The van der Waals surface area contributed by atoms with Crippen molar-refractivity contribution in [2.24, 2.45) is 0 Å². The minimum Gasteiger partial charge on any atom is -0.303 e. The Balaban J connectivity index is 2.52. The third-order valence-corrected chi connectivity index (χ3v) is 3.76. The third-order valence-electron chi connectivity index (χ3n) is 2.65. The summed E-state index contributed by atoms with van der Waals surface area (Å²) in [7, 11) is 0. The normalized spacial score (nSPS) is 10.8. The molecule has 1 aromatic carbocycles. The standard InChI is InChI=1S/C15H23NOS/c1-3-11-16(12-4-2)18-15-9-7-14(8-10-15)6-5-13-17/h7-10,13H,3-6,11-12H2,1-2H3. The zero-order valence-corrected chi connectivity index (χ0v) is 12.2. The van der Waals surface area contributed by atoms with Crippen LogP contribution in [0.15, 0.2) is 29.2 Å². The molecule has 0 spiro atoms. The highest BCUT2D eigenvalue weighted by molar-refractivity contribution is 7.97. The first-order valence-corrected chi connectivity index (χ1v) is 7.53. The molecule has 0 unspecified atom stereocenters. The number of hydrogen-bond donors (Lipinski definition) is 0. The van der Waals surface area contributed by atoms with Crippen LogP contribution in [0.4, 0.5) is 0 Å². The van der Waals surface area contributed by atoms with Crippen LogP contribution < -0.4 is 0 Å². The van der Waals surface area contributed by atoms with Crippen LogP contribution in [-0.2, 0) is 11.2 Å². The van der Waals surface area contributed by atoms with Crippen molar-refractivity contribution in [3.63, 3.8) is 0 Å². The summed E-state index contributed by atoms with van der Waals surface area (Å²) in [5.41, 5.74) is 1.24. The summed E-state index contributed by atoms with van der Waals surface area (Å²) >= 11 is 1.83. The van der Waals surface area contributed by atoms with Gasteiger partial charge in [-0.2, -0.15) is 0 Å². The van der Waals surface area contributed by atoms with Gasteiger partial charge in [0.1, 0.15) is 6.29 Å². The molecule has 0 fully saturated rings. The Bertz CT molecular complexity index is 331. The lowest BCUT2D eigenvalue weighted by Gasteiger charge is -2.19. The first-order chi connectivity index (χ1) is 8.80. The van der Waals surface area contributed by atoms with Crippen LogP contribution >= 0.6 is 11.9 Å². The summed E-state index contributed by atoms with van der Waals surface area (Å²) in [5.74, 6) is 0. The van der Waals surface area contributed by atoms with E-state index in [0.29, 0.717) is 6.42 Å². The molecule has 0 aliphatic rings. The molecule has 0 heterocycles. The Morgan fingerprint density at radius 3 is 2.22 bits per heavy atom. The third kappa shape index (κ3) is 5.69. The van der Waals surface area contributed by atoms with Crippen LogP contribution in [0.25, 0.3) is 0 Å². The average Bonchev–Trinajstić information content (AvgIpc) is 2.38. The fraction of sp³-hybridized carbons (Fsp3) is 0.533. The van der Waals surface area contributed by atoms with Crippen LogP contribution in [0.5, 0.6) is 0 Å². The van der Waals surface area contributed by atoms with E-state index in [1.807, 2.05) is 11.9 Å². The Labute approximate surface area is 115 Å². The maximum Gasteiger partial charge on any atom is 0.120 e. The molecular weight excluding hydrogens is 242 g/mol. The highest BCUT2D eigenvalue weighted by Gasteiger charge is 2.04. The van der Waals surface area contributed by atoms with Crippen molar-refractivity contribution < 1.29 is 4.79 Å². The second-order valence-corrected chi connectivity index (χ2v) is 5.54. The molecule has 3 heteroatoms. The highest BCUT2D eigenvalue weighted by atomic mass is 32.2. The maximum atomic E-state index is 10.3. The van der Waals surface area contributed by atoms with Crippen molar-refractivity contribution in [1.29, 1.82) is 0 Å². The SMILES string of the molecule is CCCN(CCC)Sc1ccc(CCC=O)cc1. The molecule has 2 nitrogen and oxygen atoms in total. The van der Waals surface area contributed by atoms with E-state index in [1.54, 1.807) is 0 Å². The minimum atomic E-state index is 0.615. The van der Waals surface area contributed by atoms with Gasteiger partial charge in [-0.15, -0.1) is 0 Å². The molecule has 0 aliphatic carbocycles. The summed E-state index contributed by atoms with van der Waals surface area (Å²) in [6, 6.07) is 8.57. The van der Waals surface area contributed by atoms with E-state index >= 15 is 0 Å². The van der Waals surface area contributed by atoms with Crippen molar-refractivity contribution in [1.82, 2.24) is 4.31 Å². The zero-order chi connectivity index (χ0) is 13.2. The zero-order valence-electron chi connectivity index (χ0n) is 11.4. The lowest BCUT2D eigenvalue weighted by Crippen LogP contribution is -2.17. The molecular formula is C15H23NOS. The predicted molar refractivity (Wildman–Crippen MR) is 78.8 cm³/mol. The summed E-state index contributed by atoms with van der Waals surface area (Å²) in [5, 5.41) is 0. The molecule has 1 aromatic rings. The molecule has 0 radical (unpaired) electrons. The molecule has 0 N–H and O–H groups in total. The van der Waals surface area contributed by atoms with E-state index in [1.165, 1.54) is 23.3 Å². The first kappa shape index (κ1) is 15.3. The summed E-state index contributed by atoms with van der Waals surface area (Å²) in [6.07, 6.45) is 4.81. The molecule has 0 saturated heterocycles. The number of benzene rings is 1. The van der Waals surface area contributed by atoms with Gasteiger partial charge in [0.05, 0.1) is 0 Å². The second kappa shape index (κ2) is 9.17. The Morgan fingerprint density at radius 1 is 1.11 bits per heavy atom. The van der Waals surface area contributed by atoms with Gasteiger partial charge in [-0.25, -0.2) is 4.31 Å². The van der Waals surface area contributed by atoms with Gasteiger partial charge < -0.3 is 4.79 Å². The van der Waals surface area contributed by atoms with Crippen LogP contribution in [-0.4, -0.2) is 23.7 Å². The molecule has 1 rings (SSSR count). The van der Waals surface area contributed by atoms with E-state index in [0.717, 1.165) is 25.8 Å². The lowest BCUT2D eigenvalue weighted by molar-refractivity contribution is -0.107. The molecule has 0 saturated carbocycles. The van der Waals surface area contributed by atoms with Gasteiger partial charge in [-0.3, -0.25) is 0 Å². The number of carbonyl (C=O) groups is 1. The van der Waals surface area contributed by atoms with E-state index in [4.69, 9.17) is 0 Å². The van der Waals surface area contributed by atoms with E-state index in [9.17, 15) is 4.79 Å². The quantitative estimate of drug-likeness (QED) is 0.498. The van der Waals surface area contributed by atoms with Gasteiger partial charge in [0.2, 0.25) is 0 Å². The van der Waals surface area contributed by atoms with Crippen molar-refractivity contribution in [3.8, 4) is 0 Å². The van der Waals surface area contributed by atoms with Gasteiger partial charge in [0.25, 0.3) is 0 Å². The topological polar surface area (TPSA) is 20.3 Å². The van der Waals surface area contributed by atoms with Crippen molar-refractivity contribution in [2.45, 2.75) is 44.4 Å². The Morgan fingerprint density at radius 2 is 1.72 bits per heavy atom. The molecule has 0 aliphatic heterocycles. The second-order valence-electron chi connectivity index (χ2n) is 4.37. The summed E-state index contributed by atoms with van der Waals surface area (Å²) in [4.78, 5) is 11.6. The number of aryl methyl sites for hydroxylation is 1. The van der Waals surface area contributed by atoms with Crippen molar-refractivity contribution in [3.05, 3.63) is 29.8 Å². The molecule has 0 bridgehead atoms. The molecule has 18 heavy (non-hydrogen) atoms. The number of aldehydes is 1. The smallest absolute Gasteiger partial charge is 0.120 e. The van der Waals surface area contributed by atoms with Crippen LogP contribution in [0.2, 0.25) is 0 Å². The summed E-state index contributed by atoms with van der Waals surface area (Å²) in [6.45, 7) is 6.69. The van der Waals surface area contributed by atoms with Gasteiger partial charge in [-0.05, 0) is 48.9 Å². The van der Waals surface area contributed by atoms with Gasteiger partial charge in [-0.1, -0.05) is 26.0 Å². The average molecular weight is 265 g/mol. The maximum absolute atomic E-state index is 10.3. The summed E-state index contributed by atoms with van der Waals surface area (Å²) < 4.78 is 2.42. The fourth-order valence-corrected chi connectivity index (χ4v) is 2.90. The molecule has 100 valence electrons. The van der Waals surface area contributed by atoms with E-state index < -0.39 is 0 Å². The van der Waals surface area contributed by atoms with Crippen molar-refractivity contribution in [2.75, 3.05) is 13.1 Å². The van der Waals surface area contributed by atoms with Gasteiger partial charge >= 0.3 is 0 Å². The Hall–Kier alpha value is -0.800. The van der Waals surface area contributed by atoms with Gasteiger partial charge in [0.15, 0.2) is 0 Å². The number of rotatable bonds is 9. The number of hydrogen-bond acceptors (Lipinski definition) is 3. The van der Waals surface area contributed by atoms with Gasteiger partial charge in [0, 0.05) is 24.4 Å². The monoisotopic (exact) mass is 265 g/mol. The lowest BCUT2D eigenvalue weighted by atomic mass is 10.1. The molecule has 0 atom stereocenters. The predicted octanol–water partition coefficient (Wildman–Crippen LogP) is 3.95. The van der Waals surface area contributed by atoms with Crippen LogP contribution in [0.3, 0.4) is 0 Å². The van der Waals surface area contributed by atoms with E-state index in [-0.39, 0.29) is 0 Å². The largest absolute Gasteiger partial charge is 0.303 e. The first-order valence-electron chi connectivity index (χ1n) is 6.75. The van der Waals surface area contributed by atoms with Crippen molar-refractivity contribution >= 4 is 18.2 Å². The van der Waals surface area contributed by atoms with E-state index in [2.05, 4.69) is 42.4 Å². The Kier molecular flexibility index (Phi) is 7.78. The van der Waals surface area contributed by atoms with Crippen LogP contribution in [0.1, 0.15) is 38.7 Å². The number of carbonyl (C=O) groups excluding carboxylic acids is 1. The molecule has 0 amide bonds. The minimum absolute atomic E-state index is 0.615. The molecule has 0 aromatic heterocycles.